The Labute approximate surface area is 141 Å². The molecule has 6 heteroatoms. The number of pyridine rings is 1. The zero-order valence-corrected chi connectivity index (χ0v) is 13.8. The minimum absolute atomic E-state index is 0.116. The van der Waals surface area contributed by atoms with E-state index in [0.29, 0.717) is 23.1 Å². The molecule has 0 unspecified atom stereocenters. The monoisotopic (exact) mass is 337 g/mol. The molecule has 4 aromatic rings. The van der Waals surface area contributed by atoms with Crippen molar-refractivity contribution in [2.75, 3.05) is 0 Å². The Morgan fingerprint density at radius 2 is 1.88 bits per heavy atom. The van der Waals surface area contributed by atoms with E-state index in [1.165, 1.54) is 10.7 Å². The van der Waals surface area contributed by atoms with Gasteiger partial charge in [-0.3, -0.25) is 14.7 Å². The van der Waals surface area contributed by atoms with Crippen molar-refractivity contribution in [1.29, 1.82) is 0 Å². The molecule has 0 aliphatic heterocycles. The standard InChI is InChI=1S/C18H15N3O2S/c1-12-17-15(10-16(22)20(12)11-14-8-5-9-24-14)19-21(18(17)23)13-6-3-2-4-7-13/h2-10,19H,11H2,1H3. The van der Waals surface area contributed by atoms with Gasteiger partial charge in [0, 0.05) is 16.6 Å². The van der Waals surface area contributed by atoms with Crippen LogP contribution >= 0.6 is 11.3 Å². The van der Waals surface area contributed by atoms with E-state index in [2.05, 4.69) is 5.10 Å². The third-order valence-corrected chi connectivity index (χ3v) is 4.99. The number of aromatic nitrogens is 3. The normalized spacial score (nSPS) is 11.2. The molecule has 0 aliphatic carbocycles. The first-order valence-electron chi connectivity index (χ1n) is 7.58. The van der Waals surface area contributed by atoms with Crippen molar-refractivity contribution >= 4 is 22.2 Å². The molecule has 0 spiro atoms. The Morgan fingerprint density at radius 1 is 1.08 bits per heavy atom. The van der Waals surface area contributed by atoms with E-state index in [1.54, 1.807) is 15.9 Å². The predicted octanol–water partition coefficient (Wildman–Crippen LogP) is 2.90. The number of hydrogen-bond acceptors (Lipinski definition) is 3. The van der Waals surface area contributed by atoms with E-state index in [1.807, 2.05) is 54.8 Å². The topological polar surface area (TPSA) is 59.8 Å². The number of thiophene rings is 1. The maximum Gasteiger partial charge on any atom is 0.280 e. The molecule has 1 N–H and O–H groups in total. The van der Waals surface area contributed by atoms with Crippen LogP contribution in [-0.2, 0) is 6.54 Å². The second kappa shape index (κ2) is 5.65. The van der Waals surface area contributed by atoms with Gasteiger partial charge in [0.05, 0.1) is 23.1 Å². The van der Waals surface area contributed by atoms with Crippen LogP contribution in [0.3, 0.4) is 0 Å². The van der Waals surface area contributed by atoms with Crippen LogP contribution in [0.4, 0.5) is 0 Å². The van der Waals surface area contributed by atoms with Gasteiger partial charge >= 0.3 is 0 Å². The number of para-hydroxylation sites is 1. The van der Waals surface area contributed by atoms with Crippen molar-refractivity contribution in [3.63, 3.8) is 0 Å². The second-order valence-electron chi connectivity index (χ2n) is 5.61. The molecule has 0 saturated carbocycles. The molecule has 0 saturated heterocycles. The van der Waals surface area contributed by atoms with Crippen LogP contribution in [-0.4, -0.2) is 14.3 Å². The quantitative estimate of drug-likeness (QED) is 0.625. The molecule has 0 radical (unpaired) electrons. The fraction of sp³-hybridized carbons (Fsp3) is 0.111. The van der Waals surface area contributed by atoms with Crippen molar-refractivity contribution in [3.05, 3.63) is 85.2 Å². The maximum absolute atomic E-state index is 12.8. The Kier molecular flexibility index (Phi) is 3.46. The summed E-state index contributed by atoms with van der Waals surface area (Å²) in [5.74, 6) is 0. The summed E-state index contributed by atoms with van der Waals surface area (Å²) in [4.78, 5) is 26.4. The third kappa shape index (κ3) is 2.32. The lowest BCUT2D eigenvalue weighted by Crippen LogP contribution is -2.23. The summed E-state index contributed by atoms with van der Waals surface area (Å²) in [6.07, 6.45) is 0. The Balaban J connectivity index is 1.94. The average molecular weight is 337 g/mol. The van der Waals surface area contributed by atoms with E-state index in [4.69, 9.17) is 0 Å². The van der Waals surface area contributed by atoms with Gasteiger partial charge in [-0.2, -0.15) is 0 Å². The minimum Gasteiger partial charge on any atom is -0.307 e. The molecule has 120 valence electrons. The van der Waals surface area contributed by atoms with Gasteiger partial charge < -0.3 is 4.57 Å². The van der Waals surface area contributed by atoms with Gasteiger partial charge in [-0.25, -0.2) is 4.68 Å². The summed E-state index contributed by atoms with van der Waals surface area (Å²) in [6.45, 7) is 2.30. The van der Waals surface area contributed by atoms with Crippen LogP contribution in [0.1, 0.15) is 10.6 Å². The van der Waals surface area contributed by atoms with Gasteiger partial charge in [0.1, 0.15) is 0 Å². The number of nitrogens with one attached hydrogen (secondary N) is 1. The van der Waals surface area contributed by atoms with Gasteiger partial charge in [0.15, 0.2) is 0 Å². The summed E-state index contributed by atoms with van der Waals surface area (Å²) in [7, 11) is 0. The molecule has 0 fully saturated rings. The Morgan fingerprint density at radius 3 is 2.58 bits per heavy atom. The first kappa shape index (κ1) is 14.7. The summed E-state index contributed by atoms with van der Waals surface area (Å²) < 4.78 is 3.13. The Bertz CT molecular complexity index is 1120. The maximum atomic E-state index is 12.8. The van der Waals surface area contributed by atoms with Crippen LogP contribution in [0.25, 0.3) is 16.6 Å². The van der Waals surface area contributed by atoms with E-state index in [-0.39, 0.29) is 11.1 Å². The average Bonchev–Trinajstić information content (AvgIpc) is 3.20. The molecule has 0 aliphatic rings. The molecule has 3 heterocycles. The molecule has 0 amide bonds. The number of H-pyrrole nitrogens is 1. The summed E-state index contributed by atoms with van der Waals surface area (Å²) in [6, 6.07) is 14.8. The zero-order chi connectivity index (χ0) is 16.7. The highest BCUT2D eigenvalue weighted by molar-refractivity contribution is 7.09. The fourth-order valence-corrected chi connectivity index (χ4v) is 3.62. The second-order valence-corrected chi connectivity index (χ2v) is 6.64. The van der Waals surface area contributed by atoms with Crippen LogP contribution in [0, 0.1) is 6.92 Å². The molecule has 4 rings (SSSR count). The van der Waals surface area contributed by atoms with E-state index in [9.17, 15) is 9.59 Å². The van der Waals surface area contributed by atoms with Gasteiger partial charge in [-0.05, 0) is 30.5 Å². The molecule has 3 aromatic heterocycles. The number of benzene rings is 1. The molecule has 24 heavy (non-hydrogen) atoms. The van der Waals surface area contributed by atoms with Gasteiger partial charge in [0.2, 0.25) is 0 Å². The van der Waals surface area contributed by atoms with Crippen molar-refractivity contribution in [2.24, 2.45) is 0 Å². The minimum atomic E-state index is -0.145. The zero-order valence-electron chi connectivity index (χ0n) is 13.0. The molecule has 1 aromatic carbocycles. The highest BCUT2D eigenvalue weighted by Gasteiger charge is 2.15. The third-order valence-electron chi connectivity index (χ3n) is 4.13. The van der Waals surface area contributed by atoms with E-state index in [0.717, 1.165) is 10.6 Å². The van der Waals surface area contributed by atoms with Gasteiger partial charge in [-0.1, -0.05) is 24.3 Å². The summed E-state index contributed by atoms with van der Waals surface area (Å²) in [5, 5.41) is 5.57. The fourth-order valence-electron chi connectivity index (χ4n) is 2.92. The lowest BCUT2D eigenvalue weighted by Gasteiger charge is -2.08. The highest BCUT2D eigenvalue weighted by Crippen LogP contribution is 2.16. The van der Waals surface area contributed by atoms with Gasteiger partial charge in [-0.15, -0.1) is 11.3 Å². The number of rotatable bonds is 3. The summed E-state index contributed by atoms with van der Waals surface area (Å²) in [5.41, 5.74) is 1.73. The van der Waals surface area contributed by atoms with E-state index >= 15 is 0 Å². The van der Waals surface area contributed by atoms with Crippen LogP contribution in [0.2, 0.25) is 0 Å². The molecule has 0 atom stereocenters. The SMILES string of the molecule is Cc1c2c(=O)n(-c3ccccc3)[nH]c2cc(=O)n1Cc1cccs1. The molecular weight excluding hydrogens is 322 g/mol. The summed E-state index contributed by atoms with van der Waals surface area (Å²) >= 11 is 1.60. The van der Waals surface area contributed by atoms with Crippen LogP contribution < -0.4 is 11.1 Å². The largest absolute Gasteiger partial charge is 0.307 e. The van der Waals surface area contributed by atoms with Crippen molar-refractivity contribution in [2.45, 2.75) is 13.5 Å². The Hall–Kier alpha value is -2.86. The number of aromatic amines is 1. The first-order valence-corrected chi connectivity index (χ1v) is 8.46. The van der Waals surface area contributed by atoms with E-state index < -0.39 is 0 Å². The number of nitrogens with zero attached hydrogens (tertiary/aromatic N) is 2. The molecule has 0 bridgehead atoms. The highest BCUT2D eigenvalue weighted by atomic mass is 32.1. The van der Waals surface area contributed by atoms with Crippen molar-refractivity contribution in [1.82, 2.24) is 14.3 Å². The lowest BCUT2D eigenvalue weighted by atomic mass is 10.2. The van der Waals surface area contributed by atoms with Gasteiger partial charge in [0.25, 0.3) is 11.1 Å². The van der Waals surface area contributed by atoms with Crippen molar-refractivity contribution < 1.29 is 0 Å². The van der Waals surface area contributed by atoms with Crippen LogP contribution in [0.15, 0.2) is 63.5 Å². The lowest BCUT2D eigenvalue weighted by molar-refractivity contribution is 0.747. The number of aryl methyl sites for hydroxylation is 1. The molecule has 5 nitrogen and oxygen atoms in total. The first-order chi connectivity index (χ1) is 11.6. The molecular formula is C18H15N3O2S. The smallest absolute Gasteiger partial charge is 0.280 e. The predicted molar refractivity (Wildman–Crippen MR) is 96.3 cm³/mol. The van der Waals surface area contributed by atoms with Crippen molar-refractivity contribution in [3.8, 4) is 5.69 Å². The van der Waals surface area contributed by atoms with Crippen LogP contribution in [0.5, 0.6) is 0 Å². The number of fused-ring (bicyclic) bond motifs is 1. The number of hydrogen-bond donors (Lipinski definition) is 1.